The monoisotopic (exact) mass is 377 g/mol. The number of nitrogens with one attached hydrogen (secondary N) is 2. The summed E-state index contributed by atoms with van der Waals surface area (Å²) in [6.07, 6.45) is 0.992. The molecule has 10 heteroatoms. The van der Waals surface area contributed by atoms with Crippen molar-refractivity contribution in [1.82, 2.24) is 15.0 Å². The van der Waals surface area contributed by atoms with E-state index < -0.39 is 39.4 Å². The summed E-state index contributed by atoms with van der Waals surface area (Å²) >= 11 is 0.986. The molecule has 24 heavy (non-hydrogen) atoms. The molecule has 1 aromatic heterocycles. The van der Waals surface area contributed by atoms with Crippen LogP contribution < -0.4 is 10.0 Å². The number of carbonyl (C=O) groups excluding carboxylic acids is 1. The molecule has 1 heterocycles. The lowest BCUT2D eigenvalue weighted by molar-refractivity contribution is -0.125. The molecule has 0 radical (unpaired) electrons. The van der Waals surface area contributed by atoms with Crippen LogP contribution in [-0.4, -0.2) is 42.7 Å². The Morgan fingerprint density at radius 3 is 2.21 bits per heavy atom. The average molecular weight is 377 g/mol. The van der Waals surface area contributed by atoms with Crippen molar-refractivity contribution in [3.8, 4) is 0 Å². The third-order valence-corrected chi connectivity index (χ3v) is 5.19. The SMILES string of the molecule is Cc1nc(C(C)NC(=O)C(NS(C)(=O)=O)C(C)(C)C)sc1C(=O)O. The number of thiazole rings is 1. The number of amides is 1. The number of aryl methyl sites for hydroxylation is 1. The molecule has 0 spiro atoms. The Kier molecular flexibility index (Phi) is 6.12. The van der Waals surface area contributed by atoms with Gasteiger partial charge in [-0.05, 0) is 19.3 Å². The van der Waals surface area contributed by atoms with E-state index in [1.54, 1.807) is 34.6 Å². The van der Waals surface area contributed by atoms with Gasteiger partial charge in [-0.15, -0.1) is 11.3 Å². The predicted molar refractivity (Wildman–Crippen MR) is 91.6 cm³/mol. The van der Waals surface area contributed by atoms with Crippen LogP contribution in [0.4, 0.5) is 0 Å². The molecule has 1 aromatic rings. The minimum Gasteiger partial charge on any atom is -0.477 e. The number of aromatic carboxylic acids is 1. The molecule has 1 rings (SSSR count). The first-order valence-corrected chi connectivity index (χ1v) is 9.91. The van der Waals surface area contributed by atoms with E-state index in [-0.39, 0.29) is 4.88 Å². The van der Waals surface area contributed by atoms with Crippen LogP contribution in [0.25, 0.3) is 0 Å². The normalized spacial score (nSPS) is 14.9. The molecule has 136 valence electrons. The summed E-state index contributed by atoms with van der Waals surface area (Å²) in [5.74, 6) is -1.56. The molecule has 0 aliphatic rings. The quantitative estimate of drug-likeness (QED) is 0.686. The molecule has 1 amide bonds. The zero-order valence-corrected chi connectivity index (χ0v) is 16.1. The lowest BCUT2D eigenvalue weighted by Crippen LogP contribution is -2.53. The van der Waals surface area contributed by atoms with E-state index in [2.05, 4.69) is 15.0 Å². The van der Waals surface area contributed by atoms with Crippen molar-refractivity contribution < 1.29 is 23.1 Å². The Balaban J connectivity index is 2.98. The number of sulfonamides is 1. The number of rotatable bonds is 6. The van der Waals surface area contributed by atoms with Crippen LogP contribution in [-0.2, 0) is 14.8 Å². The van der Waals surface area contributed by atoms with Crippen LogP contribution in [0.1, 0.15) is 54.1 Å². The maximum Gasteiger partial charge on any atom is 0.347 e. The smallest absolute Gasteiger partial charge is 0.347 e. The van der Waals surface area contributed by atoms with Crippen LogP contribution in [0.3, 0.4) is 0 Å². The number of carboxylic acid groups (broad SMARTS) is 1. The van der Waals surface area contributed by atoms with Gasteiger partial charge in [0.05, 0.1) is 18.0 Å². The number of aromatic nitrogens is 1. The highest BCUT2D eigenvalue weighted by molar-refractivity contribution is 7.88. The van der Waals surface area contributed by atoms with Gasteiger partial charge in [0.15, 0.2) is 0 Å². The second-order valence-electron chi connectivity index (χ2n) is 6.69. The van der Waals surface area contributed by atoms with Crippen LogP contribution in [0.2, 0.25) is 0 Å². The Labute approximate surface area is 145 Å². The van der Waals surface area contributed by atoms with Crippen molar-refractivity contribution in [2.75, 3.05) is 6.26 Å². The summed E-state index contributed by atoms with van der Waals surface area (Å²) in [7, 11) is -3.57. The van der Waals surface area contributed by atoms with Gasteiger partial charge in [0.2, 0.25) is 15.9 Å². The highest BCUT2D eigenvalue weighted by atomic mass is 32.2. The van der Waals surface area contributed by atoms with Gasteiger partial charge in [0, 0.05) is 0 Å². The van der Waals surface area contributed by atoms with Gasteiger partial charge in [0.25, 0.3) is 0 Å². The first-order valence-electron chi connectivity index (χ1n) is 7.20. The highest BCUT2D eigenvalue weighted by Crippen LogP contribution is 2.25. The fraction of sp³-hybridized carbons (Fsp3) is 0.643. The zero-order chi connectivity index (χ0) is 18.9. The Bertz CT molecular complexity index is 734. The van der Waals surface area contributed by atoms with Crippen LogP contribution >= 0.6 is 11.3 Å². The van der Waals surface area contributed by atoms with Crippen molar-refractivity contribution >= 4 is 33.2 Å². The van der Waals surface area contributed by atoms with Gasteiger partial charge in [0.1, 0.15) is 15.9 Å². The molecule has 0 saturated carbocycles. The van der Waals surface area contributed by atoms with Gasteiger partial charge in [-0.1, -0.05) is 20.8 Å². The molecule has 0 bridgehead atoms. The lowest BCUT2D eigenvalue weighted by atomic mass is 9.87. The zero-order valence-electron chi connectivity index (χ0n) is 14.5. The molecular formula is C14H23N3O5S2. The van der Waals surface area contributed by atoms with E-state index in [0.717, 1.165) is 17.6 Å². The average Bonchev–Trinajstić information content (AvgIpc) is 2.76. The molecule has 0 fully saturated rings. The number of hydrogen-bond acceptors (Lipinski definition) is 6. The molecule has 8 nitrogen and oxygen atoms in total. The summed E-state index contributed by atoms with van der Waals surface area (Å²) in [5.41, 5.74) is -0.261. The first-order chi connectivity index (χ1) is 10.7. The second-order valence-corrected chi connectivity index (χ2v) is 9.50. The third kappa shape index (κ3) is 5.53. The van der Waals surface area contributed by atoms with E-state index in [1.807, 2.05) is 0 Å². The van der Waals surface area contributed by atoms with Crippen molar-refractivity contribution in [3.63, 3.8) is 0 Å². The molecular weight excluding hydrogens is 354 g/mol. The van der Waals surface area contributed by atoms with E-state index >= 15 is 0 Å². The van der Waals surface area contributed by atoms with Crippen molar-refractivity contribution in [2.45, 2.75) is 46.7 Å². The summed E-state index contributed by atoms with van der Waals surface area (Å²) in [5, 5.41) is 12.2. The Hall–Kier alpha value is -1.52. The lowest BCUT2D eigenvalue weighted by Gasteiger charge is -2.30. The predicted octanol–water partition coefficient (Wildman–Crippen LogP) is 1.29. The molecule has 3 N–H and O–H groups in total. The van der Waals surface area contributed by atoms with Crippen molar-refractivity contribution in [1.29, 1.82) is 0 Å². The van der Waals surface area contributed by atoms with E-state index in [0.29, 0.717) is 10.7 Å². The number of nitrogens with zero attached hydrogens (tertiary/aromatic N) is 1. The van der Waals surface area contributed by atoms with Crippen molar-refractivity contribution in [2.24, 2.45) is 5.41 Å². The van der Waals surface area contributed by atoms with Gasteiger partial charge < -0.3 is 10.4 Å². The van der Waals surface area contributed by atoms with E-state index in [9.17, 15) is 18.0 Å². The maximum absolute atomic E-state index is 12.5. The number of carboxylic acids is 1. The summed E-state index contributed by atoms with van der Waals surface area (Å²) < 4.78 is 25.3. The molecule has 2 unspecified atom stereocenters. The fourth-order valence-corrected chi connectivity index (χ4v) is 3.79. The minimum atomic E-state index is -3.57. The van der Waals surface area contributed by atoms with Gasteiger partial charge >= 0.3 is 5.97 Å². The van der Waals surface area contributed by atoms with Crippen LogP contribution in [0, 0.1) is 12.3 Å². The largest absolute Gasteiger partial charge is 0.477 e. The second kappa shape index (κ2) is 7.16. The number of carbonyl (C=O) groups is 2. The topological polar surface area (TPSA) is 125 Å². The molecule has 0 aliphatic carbocycles. The molecule has 0 aromatic carbocycles. The fourth-order valence-electron chi connectivity index (χ4n) is 2.00. The van der Waals surface area contributed by atoms with E-state index in [4.69, 9.17) is 5.11 Å². The standard InChI is InChI=1S/C14H23N3O5S2/c1-7-9(13(19)20)23-12(16-7)8(2)15-11(18)10(14(3,4)5)17-24(6,21)22/h8,10,17H,1-6H3,(H,15,18)(H,19,20). The third-order valence-electron chi connectivity index (χ3n) is 3.20. The summed E-state index contributed by atoms with van der Waals surface area (Å²) in [6, 6.07) is -1.50. The van der Waals surface area contributed by atoms with Crippen molar-refractivity contribution in [3.05, 3.63) is 15.6 Å². The van der Waals surface area contributed by atoms with Crippen LogP contribution in [0.5, 0.6) is 0 Å². The minimum absolute atomic E-state index is 0.118. The van der Waals surface area contributed by atoms with E-state index in [1.165, 1.54) is 0 Å². The summed E-state index contributed by atoms with van der Waals surface area (Å²) in [6.45, 7) is 8.49. The van der Waals surface area contributed by atoms with Gasteiger partial charge in [-0.3, -0.25) is 4.79 Å². The maximum atomic E-state index is 12.5. The summed E-state index contributed by atoms with van der Waals surface area (Å²) in [4.78, 5) is 27.9. The van der Waals surface area contributed by atoms with Gasteiger partial charge in [-0.2, -0.15) is 0 Å². The molecule has 2 atom stereocenters. The first kappa shape index (κ1) is 20.5. The molecule has 0 aliphatic heterocycles. The van der Waals surface area contributed by atoms with Crippen LogP contribution in [0.15, 0.2) is 0 Å². The molecule has 0 saturated heterocycles. The highest BCUT2D eigenvalue weighted by Gasteiger charge is 2.34. The van der Waals surface area contributed by atoms with Gasteiger partial charge in [-0.25, -0.2) is 22.9 Å². The Morgan fingerprint density at radius 2 is 1.83 bits per heavy atom. The Morgan fingerprint density at radius 1 is 1.29 bits per heavy atom. The number of hydrogen-bond donors (Lipinski definition) is 3.